The molecule has 29 heavy (non-hydrogen) atoms. The van der Waals surface area contributed by atoms with Crippen LogP contribution in [-0.4, -0.2) is 44.0 Å². The second-order valence-electron chi connectivity index (χ2n) is 7.47. The van der Waals surface area contributed by atoms with Gasteiger partial charge in [-0.3, -0.25) is 9.59 Å². The number of amides is 2. The summed E-state index contributed by atoms with van der Waals surface area (Å²) in [6.07, 6.45) is 1.93. The monoisotopic (exact) mass is 394 g/mol. The Morgan fingerprint density at radius 1 is 1.00 bits per heavy atom. The van der Waals surface area contributed by atoms with Crippen LogP contribution < -0.4 is 14.4 Å². The molecule has 6 nitrogen and oxygen atoms in total. The number of rotatable bonds is 5. The van der Waals surface area contributed by atoms with Crippen LogP contribution >= 0.6 is 0 Å². The highest BCUT2D eigenvalue weighted by Crippen LogP contribution is 2.44. The molecule has 0 radical (unpaired) electrons. The summed E-state index contributed by atoms with van der Waals surface area (Å²) < 4.78 is 10.9. The van der Waals surface area contributed by atoms with Crippen molar-refractivity contribution >= 4 is 17.5 Å². The first-order valence-electron chi connectivity index (χ1n) is 10.0. The van der Waals surface area contributed by atoms with E-state index in [-0.39, 0.29) is 17.7 Å². The van der Waals surface area contributed by atoms with Gasteiger partial charge in [0.1, 0.15) is 11.5 Å². The number of anilines is 1. The van der Waals surface area contributed by atoms with E-state index in [0.717, 1.165) is 36.5 Å². The highest BCUT2D eigenvalue weighted by Gasteiger charge is 2.44. The van der Waals surface area contributed by atoms with E-state index in [1.54, 1.807) is 19.1 Å². The summed E-state index contributed by atoms with van der Waals surface area (Å²) in [7, 11) is 3.23. The number of para-hydroxylation sites is 1. The minimum atomic E-state index is -0.408. The molecule has 0 aromatic heterocycles. The Balaban J connectivity index is 1.80. The Bertz CT molecular complexity index is 892. The van der Waals surface area contributed by atoms with E-state index < -0.39 is 6.04 Å². The number of methoxy groups -OCH3 is 2. The molecule has 0 N–H and O–H groups in total. The van der Waals surface area contributed by atoms with E-state index in [1.807, 2.05) is 53.4 Å². The quantitative estimate of drug-likeness (QED) is 0.780. The summed E-state index contributed by atoms with van der Waals surface area (Å²) in [4.78, 5) is 30.0. The van der Waals surface area contributed by atoms with Crippen LogP contribution in [0, 0.1) is 5.92 Å². The smallest absolute Gasteiger partial charge is 0.228 e. The van der Waals surface area contributed by atoms with Crippen LogP contribution in [0.3, 0.4) is 0 Å². The van der Waals surface area contributed by atoms with Crippen molar-refractivity contribution in [3.8, 4) is 11.5 Å². The molecule has 0 saturated carbocycles. The molecule has 2 aliphatic rings. The molecule has 2 amide bonds. The van der Waals surface area contributed by atoms with Gasteiger partial charge in [-0.1, -0.05) is 18.2 Å². The molecule has 2 unspecified atom stereocenters. The van der Waals surface area contributed by atoms with Gasteiger partial charge in [0.05, 0.1) is 26.2 Å². The van der Waals surface area contributed by atoms with Gasteiger partial charge in [-0.05, 0) is 43.2 Å². The standard InChI is InChI=1S/C23H26N2O4/c1-28-17-10-8-16(9-11-17)25-21(26)13-12-19(23(27)24-14-5-15-24)22(25)18-6-3-4-7-20(18)29-2/h3-4,6-11,19,22H,5,12-15H2,1-2H3. The van der Waals surface area contributed by atoms with Gasteiger partial charge in [-0.15, -0.1) is 0 Å². The van der Waals surface area contributed by atoms with Crippen molar-refractivity contribution in [1.29, 1.82) is 0 Å². The molecule has 2 saturated heterocycles. The van der Waals surface area contributed by atoms with Crippen molar-refractivity contribution in [2.75, 3.05) is 32.2 Å². The third kappa shape index (κ3) is 3.55. The molecule has 0 spiro atoms. The topological polar surface area (TPSA) is 59.1 Å². The Morgan fingerprint density at radius 2 is 1.72 bits per heavy atom. The number of carbonyl (C=O) groups excluding carboxylic acids is 2. The lowest BCUT2D eigenvalue weighted by Crippen LogP contribution is -2.52. The van der Waals surface area contributed by atoms with Gasteiger partial charge in [-0.25, -0.2) is 0 Å². The Kier molecular flexibility index (Phi) is 5.43. The van der Waals surface area contributed by atoms with E-state index in [0.29, 0.717) is 18.6 Å². The van der Waals surface area contributed by atoms with Crippen LogP contribution in [0.1, 0.15) is 30.9 Å². The van der Waals surface area contributed by atoms with Crippen LogP contribution in [0.25, 0.3) is 0 Å². The largest absolute Gasteiger partial charge is 0.497 e. The lowest BCUT2D eigenvalue weighted by atomic mass is 9.82. The fourth-order valence-electron chi connectivity index (χ4n) is 4.24. The molecular weight excluding hydrogens is 368 g/mol. The zero-order valence-electron chi connectivity index (χ0n) is 16.8. The predicted molar refractivity (Wildman–Crippen MR) is 110 cm³/mol. The van der Waals surface area contributed by atoms with Crippen LogP contribution in [0.4, 0.5) is 5.69 Å². The van der Waals surface area contributed by atoms with Gasteiger partial charge in [0.15, 0.2) is 0 Å². The van der Waals surface area contributed by atoms with Gasteiger partial charge in [-0.2, -0.15) is 0 Å². The van der Waals surface area contributed by atoms with E-state index >= 15 is 0 Å². The van der Waals surface area contributed by atoms with Crippen molar-refractivity contribution in [1.82, 2.24) is 4.90 Å². The zero-order valence-corrected chi connectivity index (χ0v) is 16.8. The van der Waals surface area contributed by atoms with Gasteiger partial charge in [0.25, 0.3) is 0 Å². The Hall–Kier alpha value is -3.02. The van der Waals surface area contributed by atoms with E-state index in [4.69, 9.17) is 9.47 Å². The van der Waals surface area contributed by atoms with E-state index in [1.165, 1.54) is 0 Å². The summed E-state index contributed by atoms with van der Waals surface area (Å²) in [5, 5.41) is 0. The first-order valence-corrected chi connectivity index (χ1v) is 10.0. The molecule has 4 rings (SSSR count). The van der Waals surface area contributed by atoms with Crippen molar-refractivity contribution in [3.63, 3.8) is 0 Å². The maximum atomic E-state index is 13.3. The number of benzene rings is 2. The number of carbonyl (C=O) groups is 2. The second kappa shape index (κ2) is 8.15. The van der Waals surface area contributed by atoms with Gasteiger partial charge in [0, 0.05) is 30.8 Å². The third-order valence-electron chi connectivity index (χ3n) is 5.89. The molecule has 0 aliphatic carbocycles. The van der Waals surface area contributed by atoms with Crippen LogP contribution in [0.15, 0.2) is 48.5 Å². The number of ether oxygens (including phenoxy) is 2. The summed E-state index contributed by atoms with van der Waals surface area (Å²) in [5.74, 6) is 1.25. The molecular formula is C23H26N2O4. The fourth-order valence-corrected chi connectivity index (χ4v) is 4.24. The normalized spacial score (nSPS) is 21.5. The van der Waals surface area contributed by atoms with Crippen LogP contribution in [-0.2, 0) is 9.59 Å². The molecule has 2 aromatic carbocycles. The maximum Gasteiger partial charge on any atom is 0.228 e. The molecule has 152 valence electrons. The number of hydrogen-bond acceptors (Lipinski definition) is 4. The summed E-state index contributed by atoms with van der Waals surface area (Å²) in [6, 6.07) is 14.7. The molecule has 2 heterocycles. The lowest BCUT2D eigenvalue weighted by Gasteiger charge is -2.44. The number of hydrogen-bond donors (Lipinski definition) is 0. The van der Waals surface area contributed by atoms with Crippen molar-refractivity contribution in [2.24, 2.45) is 5.92 Å². The van der Waals surface area contributed by atoms with E-state index in [2.05, 4.69) is 0 Å². The lowest BCUT2D eigenvalue weighted by molar-refractivity contribution is -0.141. The first kappa shape index (κ1) is 19.3. The average molecular weight is 394 g/mol. The minimum absolute atomic E-state index is 0.0127. The van der Waals surface area contributed by atoms with Crippen molar-refractivity contribution in [3.05, 3.63) is 54.1 Å². The SMILES string of the molecule is COc1ccc(N2C(=O)CCC(C(=O)N3CCC3)C2c2ccccc2OC)cc1. The number of nitrogens with zero attached hydrogens (tertiary/aromatic N) is 2. The highest BCUT2D eigenvalue weighted by atomic mass is 16.5. The Morgan fingerprint density at radius 3 is 2.34 bits per heavy atom. The van der Waals surface area contributed by atoms with Gasteiger partial charge < -0.3 is 19.3 Å². The van der Waals surface area contributed by atoms with Crippen LogP contribution in [0.2, 0.25) is 0 Å². The molecule has 6 heteroatoms. The number of piperidine rings is 1. The first-order chi connectivity index (χ1) is 14.1. The average Bonchev–Trinajstić information content (AvgIpc) is 2.72. The van der Waals surface area contributed by atoms with Crippen molar-refractivity contribution < 1.29 is 19.1 Å². The fraction of sp³-hybridized carbons (Fsp3) is 0.391. The Labute approximate surface area is 171 Å². The molecule has 0 bridgehead atoms. The predicted octanol–water partition coefficient (Wildman–Crippen LogP) is 3.42. The summed E-state index contributed by atoms with van der Waals surface area (Å²) >= 11 is 0. The molecule has 2 aliphatic heterocycles. The minimum Gasteiger partial charge on any atom is -0.497 e. The number of likely N-dealkylation sites (tertiary alicyclic amines) is 1. The zero-order chi connectivity index (χ0) is 20.4. The molecule has 2 atom stereocenters. The molecule has 2 aromatic rings. The summed E-state index contributed by atoms with van der Waals surface area (Å²) in [6.45, 7) is 1.59. The highest BCUT2D eigenvalue weighted by molar-refractivity contribution is 5.97. The van der Waals surface area contributed by atoms with Gasteiger partial charge >= 0.3 is 0 Å². The third-order valence-corrected chi connectivity index (χ3v) is 5.89. The van der Waals surface area contributed by atoms with E-state index in [9.17, 15) is 9.59 Å². The summed E-state index contributed by atoms with van der Waals surface area (Å²) in [5.41, 5.74) is 1.62. The second-order valence-corrected chi connectivity index (χ2v) is 7.47. The van der Waals surface area contributed by atoms with Crippen molar-refractivity contribution in [2.45, 2.75) is 25.3 Å². The maximum absolute atomic E-state index is 13.3. The van der Waals surface area contributed by atoms with Crippen LogP contribution in [0.5, 0.6) is 11.5 Å². The molecule has 2 fully saturated rings. The van der Waals surface area contributed by atoms with Gasteiger partial charge in [0.2, 0.25) is 11.8 Å².